The highest BCUT2D eigenvalue weighted by Gasteiger charge is 2.20. The van der Waals surface area contributed by atoms with Gasteiger partial charge in [-0.2, -0.15) is 0 Å². The molecule has 6 heteroatoms. The number of non-ortho nitro benzene ring substituents is 1. The zero-order valence-electron chi connectivity index (χ0n) is 12.0. The van der Waals surface area contributed by atoms with Crippen LogP contribution in [0.5, 0.6) is 0 Å². The molecule has 0 atom stereocenters. The minimum absolute atomic E-state index is 0.147. The minimum atomic E-state index is -0.541. The minimum Gasteiger partial charge on any atom is -0.335 e. The fraction of sp³-hybridized carbons (Fsp3) is 0.188. The van der Waals surface area contributed by atoms with Gasteiger partial charge >= 0.3 is 0 Å². The number of nitrogens with zero attached hydrogens (tertiary/aromatic N) is 2. The number of hydrogen-bond donors (Lipinski definition) is 0. The Bertz CT molecular complexity index is 689. The van der Waals surface area contributed by atoms with E-state index in [4.69, 9.17) is 11.6 Å². The molecular formula is C16H15ClN2O3. The van der Waals surface area contributed by atoms with Crippen LogP contribution >= 0.6 is 11.6 Å². The SMILES string of the molecule is CCN(Cc1ccccc1)C(=O)c1cc([N+](=O)[O-])ccc1Cl. The number of halogens is 1. The van der Waals surface area contributed by atoms with Crippen LogP contribution in [0.1, 0.15) is 22.8 Å². The smallest absolute Gasteiger partial charge is 0.270 e. The molecule has 2 aromatic rings. The molecule has 5 nitrogen and oxygen atoms in total. The van der Waals surface area contributed by atoms with Crippen LogP contribution in [-0.2, 0) is 6.54 Å². The van der Waals surface area contributed by atoms with Crippen molar-refractivity contribution in [2.45, 2.75) is 13.5 Å². The van der Waals surface area contributed by atoms with Gasteiger partial charge in [-0.1, -0.05) is 41.9 Å². The average Bonchev–Trinajstić information content (AvgIpc) is 2.53. The average molecular weight is 319 g/mol. The summed E-state index contributed by atoms with van der Waals surface area (Å²) in [6.07, 6.45) is 0. The second-order valence-corrected chi connectivity index (χ2v) is 5.13. The number of nitro groups is 1. The molecule has 0 aromatic heterocycles. The fourth-order valence-corrected chi connectivity index (χ4v) is 2.29. The lowest BCUT2D eigenvalue weighted by molar-refractivity contribution is -0.384. The Kier molecular flexibility index (Phi) is 5.12. The lowest BCUT2D eigenvalue weighted by Crippen LogP contribution is -2.30. The van der Waals surface area contributed by atoms with Crippen molar-refractivity contribution in [1.29, 1.82) is 0 Å². The normalized spacial score (nSPS) is 10.3. The molecule has 0 saturated carbocycles. The van der Waals surface area contributed by atoms with Crippen LogP contribution in [0.2, 0.25) is 5.02 Å². The van der Waals surface area contributed by atoms with E-state index in [1.54, 1.807) is 4.90 Å². The first kappa shape index (κ1) is 16.0. The van der Waals surface area contributed by atoms with Crippen LogP contribution in [0.3, 0.4) is 0 Å². The lowest BCUT2D eigenvalue weighted by atomic mass is 10.1. The van der Waals surface area contributed by atoms with E-state index in [9.17, 15) is 14.9 Å². The van der Waals surface area contributed by atoms with Crippen LogP contribution < -0.4 is 0 Å². The largest absolute Gasteiger partial charge is 0.335 e. The molecule has 2 aromatic carbocycles. The number of benzene rings is 2. The van der Waals surface area contributed by atoms with Crippen molar-refractivity contribution in [3.63, 3.8) is 0 Å². The van der Waals surface area contributed by atoms with Gasteiger partial charge < -0.3 is 4.90 Å². The molecule has 0 saturated heterocycles. The second kappa shape index (κ2) is 7.04. The molecule has 0 aliphatic rings. The van der Waals surface area contributed by atoms with Gasteiger partial charge in [0, 0.05) is 25.2 Å². The van der Waals surface area contributed by atoms with Crippen molar-refractivity contribution >= 4 is 23.2 Å². The van der Waals surface area contributed by atoms with Crippen LogP contribution in [0.4, 0.5) is 5.69 Å². The van der Waals surface area contributed by atoms with Gasteiger partial charge in [-0.15, -0.1) is 0 Å². The van der Waals surface area contributed by atoms with Gasteiger partial charge in [0.1, 0.15) is 0 Å². The number of amides is 1. The Morgan fingerprint density at radius 3 is 2.50 bits per heavy atom. The van der Waals surface area contributed by atoms with Crippen molar-refractivity contribution in [3.05, 3.63) is 74.8 Å². The summed E-state index contributed by atoms with van der Waals surface area (Å²) in [5.41, 5.74) is 0.983. The van der Waals surface area contributed by atoms with E-state index in [2.05, 4.69) is 0 Å². The summed E-state index contributed by atoms with van der Waals surface area (Å²) in [6, 6.07) is 13.4. The van der Waals surface area contributed by atoms with E-state index in [1.165, 1.54) is 18.2 Å². The van der Waals surface area contributed by atoms with Crippen molar-refractivity contribution in [3.8, 4) is 0 Å². The van der Waals surface area contributed by atoms with E-state index < -0.39 is 4.92 Å². The van der Waals surface area contributed by atoms with E-state index in [-0.39, 0.29) is 22.2 Å². The Morgan fingerprint density at radius 2 is 1.91 bits per heavy atom. The molecule has 0 N–H and O–H groups in total. The van der Waals surface area contributed by atoms with E-state index in [1.807, 2.05) is 37.3 Å². The molecule has 114 valence electrons. The third kappa shape index (κ3) is 3.62. The highest BCUT2D eigenvalue weighted by molar-refractivity contribution is 6.33. The fourth-order valence-electron chi connectivity index (χ4n) is 2.09. The third-order valence-electron chi connectivity index (χ3n) is 3.28. The van der Waals surface area contributed by atoms with Gasteiger partial charge in [0.15, 0.2) is 0 Å². The van der Waals surface area contributed by atoms with Crippen molar-refractivity contribution in [2.75, 3.05) is 6.54 Å². The maximum Gasteiger partial charge on any atom is 0.270 e. The highest BCUT2D eigenvalue weighted by Crippen LogP contribution is 2.24. The summed E-state index contributed by atoms with van der Waals surface area (Å²) >= 11 is 6.03. The summed E-state index contributed by atoms with van der Waals surface area (Å²) < 4.78 is 0. The summed E-state index contributed by atoms with van der Waals surface area (Å²) in [7, 11) is 0. The van der Waals surface area contributed by atoms with Gasteiger partial charge in [0.25, 0.3) is 11.6 Å². The van der Waals surface area contributed by atoms with Crippen LogP contribution in [0.25, 0.3) is 0 Å². The zero-order valence-corrected chi connectivity index (χ0v) is 12.8. The molecule has 0 fully saturated rings. The van der Waals surface area contributed by atoms with E-state index in [0.29, 0.717) is 13.1 Å². The van der Waals surface area contributed by atoms with Gasteiger partial charge in [0.05, 0.1) is 15.5 Å². The van der Waals surface area contributed by atoms with E-state index in [0.717, 1.165) is 5.56 Å². The number of rotatable bonds is 5. The molecule has 0 aliphatic heterocycles. The molecule has 0 spiro atoms. The van der Waals surface area contributed by atoms with Crippen molar-refractivity contribution < 1.29 is 9.72 Å². The molecule has 1 amide bonds. The summed E-state index contributed by atoms with van der Waals surface area (Å²) in [5.74, 6) is -0.319. The lowest BCUT2D eigenvalue weighted by Gasteiger charge is -2.21. The maximum atomic E-state index is 12.6. The molecular weight excluding hydrogens is 304 g/mol. The van der Waals surface area contributed by atoms with Crippen LogP contribution in [0, 0.1) is 10.1 Å². The summed E-state index contributed by atoms with van der Waals surface area (Å²) in [5, 5.41) is 11.1. The van der Waals surface area contributed by atoms with Gasteiger partial charge in [0.2, 0.25) is 0 Å². The molecule has 0 heterocycles. The summed E-state index contributed by atoms with van der Waals surface area (Å²) in [6.45, 7) is 2.76. The Labute approximate surface area is 133 Å². The Morgan fingerprint density at radius 1 is 1.23 bits per heavy atom. The van der Waals surface area contributed by atoms with Gasteiger partial charge in [-0.25, -0.2) is 0 Å². The molecule has 0 bridgehead atoms. The van der Waals surface area contributed by atoms with Crippen molar-refractivity contribution in [2.24, 2.45) is 0 Å². The molecule has 22 heavy (non-hydrogen) atoms. The maximum absolute atomic E-state index is 12.6. The quantitative estimate of drug-likeness (QED) is 0.620. The van der Waals surface area contributed by atoms with Crippen LogP contribution in [-0.4, -0.2) is 22.3 Å². The summed E-state index contributed by atoms with van der Waals surface area (Å²) in [4.78, 5) is 24.5. The predicted octanol–water partition coefficient (Wildman–Crippen LogP) is 3.91. The van der Waals surface area contributed by atoms with Crippen molar-refractivity contribution in [1.82, 2.24) is 4.90 Å². The number of carbonyl (C=O) groups excluding carboxylic acids is 1. The number of carbonyl (C=O) groups is 1. The topological polar surface area (TPSA) is 63.5 Å². The Hall–Kier alpha value is -2.40. The molecule has 2 rings (SSSR count). The first-order chi connectivity index (χ1) is 10.5. The molecule has 0 aliphatic carbocycles. The van der Waals surface area contributed by atoms with Gasteiger partial charge in [-0.3, -0.25) is 14.9 Å². The first-order valence-electron chi connectivity index (χ1n) is 6.80. The van der Waals surface area contributed by atoms with Crippen LogP contribution in [0.15, 0.2) is 48.5 Å². The van der Waals surface area contributed by atoms with E-state index >= 15 is 0 Å². The highest BCUT2D eigenvalue weighted by atomic mass is 35.5. The second-order valence-electron chi connectivity index (χ2n) is 4.73. The zero-order chi connectivity index (χ0) is 16.1. The third-order valence-corrected chi connectivity index (χ3v) is 3.61. The standard InChI is InChI=1S/C16H15ClN2O3/c1-2-18(11-12-6-4-3-5-7-12)16(20)14-10-13(19(21)22)8-9-15(14)17/h3-10H,2,11H2,1H3. The molecule has 0 unspecified atom stereocenters. The number of nitro benzene ring substituents is 1. The molecule has 0 radical (unpaired) electrons. The first-order valence-corrected chi connectivity index (χ1v) is 7.18. The van der Waals surface area contributed by atoms with Gasteiger partial charge in [-0.05, 0) is 18.6 Å². The monoisotopic (exact) mass is 318 g/mol. The predicted molar refractivity (Wildman–Crippen MR) is 85.0 cm³/mol. The number of hydrogen-bond acceptors (Lipinski definition) is 3. The Balaban J connectivity index is 2.28.